The van der Waals surface area contributed by atoms with Crippen molar-refractivity contribution in [2.45, 2.75) is 6.42 Å². The first-order valence-corrected chi connectivity index (χ1v) is 13.5. The molecule has 1 rings (SSSR count). The van der Waals surface area contributed by atoms with Crippen molar-refractivity contribution in [3.63, 3.8) is 0 Å². The van der Waals surface area contributed by atoms with Crippen LogP contribution < -0.4 is 0 Å². The van der Waals surface area contributed by atoms with Gasteiger partial charge in [0.15, 0.2) is 0 Å². The Labute approximate surface area is 120 Å². The van der Waals surface area contributed by atoms with Crippen LogP contribution in [0.2, 0.25) is 0 Å². The quantitative estimate of drug-likeness (QED) is 0.649. The Morgan fingerprint density at radius 2 is 1.44 bits per heavy atom. The minimum atomic E-state index is -4.21. The zero-order chi connectivity index (χ0) is 14.1. The Bertz CT molecular complexity index is 346. The first kappa shape index (κ1) is 16.7. The molecule has 0 heterocycles. The van der Waals surface area contributed by atoms with Gasteiger partial charge in [-0.1, -0.05) is 0 Å². The van der Waals surface area contributed by atoms with Crippen molar-refractivity contribution in [1.29, 1.82) is 0 Å². The summed E-state index contributed by atoms with van der Waals surface area (Å²) in [6, 6.07) is 0. The number of nitrogens with zero attached hydrogens (tertiary/aromatic N) is 3. The molecule has 0 amide bonds. The standard InChI is InChI=1S/C5H5F2Ge.3C2H6N.Zr/c6-8(7)5-3-1-2-4-5;3*1-3-2;/h1,3,8H,2H2;3*1-2H3;/q;3*-1;+3. The van der Waals surface area contributed by atoms with E-state index in [-0.39, 0.29) is 0 Å². The Morgan fingerprint density at radius 1 is 1.00 bits per heavy atom. The molecule has 0 radical (unpaired) electrons. The molecule has 0 N–H and O–H groups in total. The van der Waals surface area contributed by atoms with Crippen molar-refractivity contribution in [3.05, 3.63) is 19.8 Å². The van der Waals surface area contributed by atoms with Gasteiger partial charge in [-0.2, -0.15) is 0 Å². The summed E-state index contributed by atoms with van der Waals surface area (Å²) >= 11 is -7.45. The number of rotatable bonds is 5. The second-order valence-corrected chi connectivity index (χ2v) is 18.9. The summed E-state index contributed by atoms with van der Waals surface area (Å²) in [4.78, 5) is 0. The molecule has 1 aliphatic carbocycles. The molecule has 0 aliphatic heterocycles. The topological polar surface area (TPSA) is 9.72 Å². The Kier molecular flexibility index (Phi) is 5.94. The van der Waals surface area contributed by atoms with Gasteiger partial charge in [-0.15, -0.1) is 0 Å². The van der Waals surface area contributed by atoms with E-state index in [1.54, 1.807) is 6.08 Å². The van der Waals surface area contributed by atoms with Crippen molar-refractivity contribution in [2.24, 2.45) is 0 Å². The average Bonchev–Trinajstić information content (AvgIpc) is 2.65. The monoisotopic (exact) mass is 399 g/mol. The fourth-order valence-corrected chi connectivity index (χ4v) is 20.3. The summed E-state index contributed by atoms with van der Waals surface area (Å²) in [7, 11) is 12.2. The van der Waals surface area contributed by atoms with E-state index in [0.29, 0.717) is 10.8 Å². The number of allylic oxidation sites excluding steroid dienone is 4. The second kappa shape index (κ2) is 6.40. The molecule has 0 atom stereocenters. The predicted molar refractivity (Wildman–Crippen MR) is 71.2 cm³/mol. The van der Waals surface area contributed by atoms with Crippen LogP contribution in [0.3, 0.4) is 0 Å². The zero-order valence-electron chi connectivity index (χ0n) is 12.0. The van der Waals surface area contributed by atoms with E-state index in [2.05, 4.69) is 8.53 Å². The van der Waals surface area contributed by atoms with Gasteiger partial charge in [-0.05, 0) is 0 Å². The molecule has 0 aromatic carbocycles. The summed E-state index contributed by atoms with van der Waals surface area (Å²) in [5, 5.41) is 0. The van der Waals surface area contributed by atoms with Crippen LogP contribution in [0.1, 0.15) is 6.42 Å². The normalized spacial score (nSPS) is 17.1. The number of hydrogen-bond donors (Lipinski definition) is 0. The first-order chi connectivity index (χ1) is 8.26. The molecule has 0 spiro atoms. The van der Waals surface area contributed by atoms with Gasteiger partial charge >= 0.3 is 120 Å². The van der Waals surface area contributed by atoms with Crippen molar-refractivity contribution in [2.75, 3.05) is 42.3 Å². The van der Waals surface area contributed by atoms with E-state index in [0.717, 1.165) is 3.28 Å². The Morgan fingerprint density at radius 3 is 1.78 bits per heavy atom. The van der Waals surface area contributed by atoms with Gasteiger partial charge in [-0.25, -0.2) is 0 Å². The zero-order valence-corrected chi connectivity index (χ0v) is 16.9. The summed E-state index contributed by atoms with van der Waals surface area (Å²) in [6.07, 6.45) is 4.29. The molecular formula is C11H23F2GeN3Zr. The molecule has 104 valence electrons. The third kappa shape index (κ3) is 2.73. The second-order valence-electron chi connectivity index (χ2n) is 5.16. The van der Waals surface area contributed by atoms with Crippen LogP contribution in [0.4, 0.5) is 7.00 Å². The maximum absolute atomic E-state index is 13.4. The predicted octanol–water partition coefficient (Wildman–Crippen LogP) is 1.48. The van der Waals surface area contributed by atoms with Gasteiger partial charge in [0.25, 0.3) is 0 Å². The van der Waals surface area contributed by atoms with Gasteiger partial charge in [0.05, 0.1) is 0 Å². The summed E-state index contributed by atoms with van der Waals surface area (Å²) in [5.41, 5.74) is 0. The van der Waals surface area contributed by atoms with Crippen LogP contribution in [0, 0.1) is 0 Å². The van der Waals surface area contributed by atoms with Crippen LogP contribution >= 0.6 is 0 Å². The summed E-state index contributed by atoms with van der Waals surface area (Å²) in [5.74, 6) is 0. The molecule has 0 bridgehead atoms. The molecule has 7 heteroatoms. The van der Waals surface area contributed by atoms with Gasteiger partial charge in [0.2, 0.25) is 0 Å². The Balaban J connectivity index is 3.41. The van der Waals surface area contributed by atoms with Crippen LogP contribution in [0.25, 0.3) is 0 Å². The van der Waals surface area contributed by atoms with Crippen molar-refractivity contribution < 1.29 is 28.1 Å². The number of halogens is 2. The molecule has 18 heavy (non-hydrogen) atoms. The van der Waals surface area contributed by atoms with Crippen molar-refractivity contribution in [1.82, 2.24) is 8.53 Å². The fourth-order valence-electron chi connectivity index (χ4n) is 3.07. The third-order valence-electron chi connectivity index (χ3n) is 3.48. The third-order valence-corrected chi connectivity index (χ3v) is 19.5. The van der Waals surface area contributed by atoms with E-state index in [1.807, 2.05) is 48.4 Å². The number of hydrogen-bond acceptors (Lipinski definition) is 3. The molecule has 0 unspecified atom stereocenters. The van der Waals surface area contributed by atoms with Crippen molar-refractivity contribution in [3.8, 4) is 0 Å². The molecule has 0 aromatic rings. The summed E-state index contributed by atoms with van der Waals surface area (Å²) in [6.45, 7) is 0. The van der Waals surface area contributed by atoms with Crippen LogP contribution in [0.15, 0.2) is 19.8 Å². The van der Waals surface area contributed by atoms with Crippen molar-refractivity contribution >= 4 is 15.3 Å². The van der Waals surface area contributed by atoms with E-state index in [4.69, 9.17) is 0 Å². The molecule has 1 aliphatic rings. The van der Waals surface area contributed by atoms with Crippen LogP contribution in [-0.2, 0) is 21.1 Å². The average molecular weight is 399 g/mol. The van der Waals surface area contributed by atoms with Crippen LogP contribution in [-0.4, -0.2) is 66.1 Å². The van der Waals surface area contributed by atoms with Gasteiger partial charge < -0.3 is 0 Å². The van der Waals surface area contributed by atoms with Gasteiger partial charge in [0.1, 0.15) is 0 Å². The van der Waals surface area contributed by atoms with Gasteiger partial charge in [-0.3, -0.25) is 0 Å². The fraction of sp³-hybridized carbons (Fsp3) is 0.636. The van der Waals surface area contributed by atoms with E-state index < -0.39 is 36.4 Å². The molecule has 3 nitrogen and oxygen atoms in total. The first-order valence-electron chi connectivity index (χ1n) is 5.96. The molecule has 0 saturated carbocycles. The molecule has 0 aromatic heterocycles. The van der Waals surface area contributed by atoms with E-state index >= 15 is 0 Å². The molecule has 0 saturated heterocycles. The maximum atomic E-state index is 13.4. The van der Waals surface area contributed by atoms with E-state index in [1.165, 1.54) is 0 Å². The SMILES string of the molecule is C[N](C)[Zr]([C]1=[C]([GeH]([F])[F])C=CC1)([N](C)C)[N](C)C. The molecular weight excluding hydrogens is 376 g/mol. The molecule has 0 fully saturated rings. The van der Waals surface area contributed by atoms with Gasteiger partial charge in [0, 0.05) is 0 Å². The summed E-state index contributed by atoms with van der Waals surface area (Å²) < 4.78 is 34.8. The Hall–Kier alpha value is 0.646. The minimum absolute atomic E-state index is 0.425. The van der Waals surface area contributed by atoms with Crippen LogP contribution in [0.5, 0.6) is 0 Å². The van der Waals surface area contributed by atoms with E-state index in [9.17, 15) is 7.00 Å².